The van der Waals surface area contributed by atoms with Gasteiger partial charge in [0.25, 0.3) is 0 Å². The van der Waals surface area contributed by atoms with Crippen LogP contribution in [0.5, 0.6) is 5.75 Å². The number of thiazole rings is 1. The van der Waals surface area contributed by atoms with E-state index in [2.05, 4.69) is 10.3 Å². The number of benzene rings is 1. The summed E-state index contributed by atoms with van der Waals surface area (Å²) in [4.78, 5) is 17.0. The van der Waals surface area contributed by atoms with Gasteiger partial charge >= 0.3 is 0 Å². The first-order chi connectivity index (χ1) is 9.17. The Hall–Kier alpha value is -1.88. The quantitative estimate of drug-likeness (QED) is 0.913. The van der Waals surface area contributed by atoms with Crippen molar-refractivity contribution in [1.82, 2.24) is 4.98 Å². The molecule has 0 fully saturated rings. The first-order valence-electron chi connectivity index (χ1n) is 6.02. The second kappa shape index (κ2) is 6.33. The molecule has 0 saturated heterocycles. The number of methoxy groups -OCH3 is 1. The van der Waals surface area contributed by atoms with Crippen molar-refractivity contribution in [1.29, 1.82) is 0 Å². The average molecular weight is 276 g/mol. The Labute approximate surface area is 116 Å². The molecule has 1 heterocycles. The van der Waals surface area contributed by atoms with Gasteiger partial charge in [-0.2, -0.15) is 0 Å². The highest BCUT2D eigenvalue weighted by Gasteiger charge is 2.06. The molecule has 0 radical (unpaired) electrons. The van der Waals surface area contributed by atoms with Crippen LogP contribution in [-0.2, 0) is 11.2 Å². The molecule has 19 heavy (non-hydrogen) atoms. The van der Waals surface area contributed by atoms with Crippen LogP contribution < -0.4 is 10.1 Å². The molecule has 5 heteroatoms. The first kappa shape index (κ1) is 13.5. The zero-order valence-electron chi connectivity index (χ0n) is 11.0. The van der Waals surface area contributed by atoms with Crippen LogP contribution in [0.2, 0.25) is 0 Å². The largest absolute Gasteiger partial charge is 0.497 e. The van der Waals surface area contributed by atoms with Gasteiger partial charge in [-0.15, -0.1) is 11.3 Å². The number of aromatic nitrogens is 1. The van der Waals surface area contributed by atoms with E-state index in [-0.39, 0.29) is 5.91 Å². The molecule has 100 valence electrons. The monoisotopic (exact) mass is 276 g/mol. The van der Waals surface area contributed by atoms with Gasteiger partial charge in [-0.3, -0.25) is 4.79 Å². The lowest BCUT2D eigenvalue weighted by molar-refractivity contribution is -0.116. The van der Waals surface area contributed by atoms with E-state index in [0.29, 0.717) is 18.0 Å². The van der Waals surface area contributed by atoms with Gasteiger partial charge in [0.05, 0.1) is 7.11 Å². The fraction of sp³-hybridized carbons (Fsp3) is 0.286. The third-order valence-corrected chi connectivity index (χ3v) is 3.47. The van der Waals surface area contributed by atoms with Gasteiger partial charge in [0.15, 0.2) is 5.13 Å². The fourth-order valence-electron chi connectivity index (χ4n) is 1.68. The fourth-order valence-corrected chi connectivity index (χ4v) is 2.36. The maximum Gasteiger partial charge on any atom is 0.226 e. The summed E-state index contributed by atoms with van der Waals surface area (Å²) in [5.74, 6) is 0.797. The summed E-state index contributed by atoms with van der Waals surface area (Å²) in [6.45, 7) is 1.96. The minimum Gasteiger partial charge on any atom is -0.497 e. The highest BCUT2D eigenvalue weighted by Crippen LogP contribution is 2.17. The van der Waals surface area contributed by atoms with Crippen LogP contribution in [0, 0.1) is 6.92 Å². The lowest BCUT2D eigenvalue weighted by Crippen LogP contribution is -2.12. The van der Waals surface area contributed by atoms with Crippen LogP contribution in [-0.4, -0.2) is 18.0 Å². The molecule has 1 aromatic heterocycles. The highest BCUT2D eigenvalue weighted by atomic mass is 32.1. The van der Waals surface area contributed by atoms with Gasteiger partial charge in [-0.25, -0.2) is 4.98 Å². The summed E-state index contributed by atoms with van der Waals surface area (Å²) in [6.07, 6.45) is 2.88. The number of hydrogen-bond donors (Lipinski definition) is 1. The number of carbonyl (C=O) groups is 1. The maximum atomic E-state index is 11.8. The molecule has 1 amide bonds. The molecule has 2 rings (SSSR count). The summed E-state index contributed by atoms with van der Waals surface area (Å²) in [5.41, 5.74) is 1.09. The predicted molar refractivity (Wildman–Crippen MR) is 76.8 cm³/mol. The van der Waals surface area contributed by atoms with Crippen LogP contribution in [0.25, 0.3) is 0 Å². The lowest BCUT2D eigenvalue weighted by Gasteiger charge is -2.04. The smallest absolute Gasteiger partial charge is 0.226 e. The van der Waals surface area contributed by atoms with Crippen molar-refractivity contribution < 1.29 is 9.53 Å². The molecule has 0 unspecified atom stereocenters. The van der Waals surface area contributed by atoms with E-state index in [1.807, 2.05) is 31.2 Å². The first-order valence-corrected chi connectivity index (χ1v) is 6.84. The van der Waals surface area contributed by atoms with Crippen molar-refractivity contribution in [2.75, 3.05) is 12.4 Å². The van der Waals surface area contributed by atoms with Crippen molar-refractivity contribution in [2.24, 2.45) is 0 Å². The Morgan fingerprint density at radius 3 is 3.00 bits per heavy atom. The Bertz CT molecular complexity index is 566. The van der Waals surface area contributed by atoms with Gasteiger partial charge in [0.1, 0.15) is 5.75 Å². The number of rotatable bonds is 5. The van der Waals surface area contributed by atoms with Crippen LogP contribution in [0.4, 0.5) is 5.13 Å². The van der Waals surface area contributed by atoms with E-state index in [9.17, 15) is 4.79 Å². The third-order valence-electron chi connectivity index (χ3n) is 2.64. The normalized spacial score (nSPS) is 10.2. The molecule has 1 aromatic carbocycles. The minimum atomic E-state index is -0.0165. The number of anilines is 1. The Morgan fingerprint density at radius 2 is 2.32 bits per heavy atom. The van der Waals surface area contributed by atoms with Crippen molar-refractivity contribution >= 4 is 22.4 Å². The van der Waals surface area contributed by atoms with Crippen LogP contribution in [0.1, 0.15) is 16.9 Å². The van der Waals surface area contributed by atoms with Gasteiger partial charge < -0.3 is 10.1 Å². The van der Waals surface area contributed by atoms with Crippen molar-refractivity contribution in [3.8, 4) is 5.75 Å². The number of nitrogens with zero attached hydrogens (tertiary/aromatic N) is 1. The number of ether oxygens (including phenoxy) is 1. The third kappa shape index (κ3) is 4.06. The van der Waals surface area contributed by atoms with E-state index in [4.69, 9.17) is 4.74 Å². The van der Waals surface area contributed by atoms with Crippen molar-refractivity contribution in [3.63, 3.8) is 0 Å². The van der Waals surface area contributed by atoms with Crippen molar-refractivity contribution in [3.05, 3.63) is 40.9 Å². The number of nitrogens with one attached hydrogen (secondary N) is 1. The van der Waals surface area contributed by atoms with Gasteiger partial charge in [0.2, 0.25) is 5.91 Å². The summed E-state index contributed by atoms with van der Waals surface area (Å²) < 4.78 is 5.15. The molecule has 1 N–H and O–H groups in total. The van der Waals surface area contributed by atoms with Crippen LogP contribution in [0.15, 0.2) is 30.5 Å². The van der Waals surface area contributed by atoms with E-state index in [1.54, 1.807) is 13.3 Å². The molecular weight excluding hydrogens is 260 g/mol. The molecule has 0 spiro atoms. The Balaban J connectivity index is 1.86. The summed E-state index contributed by atoms with van der Waals surface area (Å²) in [5, 5.41) is 3.46. The zero-order chi connectivity index (χ0) is 13.7. The van der Waals surface area contributed by atoms with Gasteiger partial charge in [0, 0.05) is 17.5 Å². The second-order valence-corrected chi connectivity index (χ2v) is 5.41. The number of hydrogen-bond acceptors (Lipinski definition) is 4. The maximum absolute atomic E-state index is 11.8. The Kier molecular flexibility index (Phi) is 4.52. The molecule has 0 saturated carbocycles. The zero-order valence-corrected chi connectivity index (χ0v) is 11.8. The topological polar surface area (TPSA) is 51.2 Å². The van der Waals surface area contributed by atoms with Crippen molar-refractivity contribution in [2.45, 2.75) is 19.8 Å². The lowest BCUT2D eigenvalue weighted by atomic mass is 10.1. The summed E-state index contributed by atoms with van der Waals surface area (Å²) in [7, 11) is 1.64. The number of aryl methyl sites for hydroxylation is 2. The number of amides is 1. The summed E-state index contributed by atoms with van der Waals surface area (Å²) >= 11 is 1.48. The molecular formula is C14H16N2O2S. The van der Waals surface area contributed by atoms with Gasteiger partial charge in [-0.1, -0.05) is 12.1 Å². The van der Waals surface area contributed by atoms with E-state index in [0.717, 1.165) is 16.2 Å². The van der Waals surface area contributed by atoms with Crippen LogP contribution in [0.3, 0.4) is 0 Å². The van der Waals surface area contributed by atoms with E-state index >= 15 is 0 Å². The molecule has 0 aliphatic heterocycles. The molecule has 0 aliphatic rings. The Morgan fingerprint density at radius 1 is 1.47 bits per heavy atom. The minimum absolute atomic E-state index is 0.0165. The molecule has 4 nitrogen and oxygen atoms in total. The molecule has 2 aromatic rings. The van der Waals surface area contributed by atoms with E-state index in [1.165, 1.54) is 11.3 Å². The highest BCUT2D eigenvalue weighted by molar-refractivity contribution is 7.15. The summed E-state index contributed by atoms with van der Waals surface area (Å²) in [6, 6.07) is 7.75. The van der Waals surface area contributed by atoms with E-state index < -0.39 is 0 Å². The molecule has 0 bridgehead atoms. The SMILES string of the molecule is COc1cccc(CCC(=O)Nc2ncc(C)s2)c1. The van der Waals surface area contributed by atoms with Gasteiger partial charge in [-0.05, 0) is 31.0 Å². The average Bonchev–Trinajstić information content (AvgIpc) is 2.82. The predicted octanol–water partition coefficient (Wildman–Crippen LogP) is 3.03. The number of carbonyl (C=O) groups excluding carboxylic acids is 1. The molecule has 0 atom stereocenters. The molecule has 0 aliphatic carbocycles. The van der Waals surface area contributed by atoms with Crippen LogP contribution >= 0.6 is 11.3 Å². The standard InChI is InChI=1S/C14H16N2O2S/c1-10-9-15-14(19-10)16-13(17)7-6-11-4-3-5-12(8-11)18-2/h3-5,8-9H,6-7H2,1-2H3,(H,15,16,17). The second-order valence-electron chi connectivity index (χ2n) is 4.18.